The molecule has 1 amide bonds. The number of thiazole rings is 1. The minimum Gasteiger partial charge on any atom is -0.469 e. The molecule has 7 nitrogen and oxygen atoms in total. The number of amides is 1. The number of anilines is 1. The van der Waals surface area contributed by atoms with Crippen LogP contribution in [0.4, 0.5) is 5.13 Å². The van der Waals surface area contributed by atoms with Gasteiger partial charge < -0.3 is 14.8 Å². The number of aromatic nitrogens is 1. The second-order valence-electron chi connectivity index (χ2n) is 6.17. The van der Waals surface area contributed by atoms with E-state index in [0.29, 0.717) is 5.13 Å². The quantitative estimate of drug-likeness (QED) is 0.733. The van der Waals surface area contributed by atoms with Crippen molar-refractivity contribution in [3.63, 3.8) is 0 Å². The molecule has 0 bridgehead atoms. The van der Waals surface area contributed by atoms with Crippen LogP contribution in [0.1, 0.15) is 17.7 Å². The van der Waals surface area contributed by atoms with Gasteiger partial charge in [0.25, 0.3) is 0 Å². The summed E-state index contributed by atoms with van der Waals surface area (Å²) in [5.74, 6) is -0.644. The highest BCUT2D eigenvalue weighted by Gasteiger charge is 2.19. The average Bonchev–Trinajstić information content (AvgIpc) is 3.09. The van der Waals surface area contributed by atoms with Crippen LogP contribution in [0.25, 0.3) is 11.3 Å². The number of rotatable bonds is 7. The number of morpholine rings is 1. The molecule has 1 aromatic heterocycles. The molecule has 1 fully saturated rings. The Morgan fingerprint density at radius 2 is 1.96 bits per heavy atom. The van der Waals surface area contributed by atoms with Crippen LogP contribution in [0.5, 0.6) is 0 Å². The highest BCUT2D eigenvalue weighted by atomic mass is 32.1. The standard InChI is InChI=1S/C19H23N3O4S/c1-25-17(24)8-7-16(23)20-19-21-18(14-5-3-2-4-6-14)15(27-19)13-22-9-11-26-12-10-22/h2-6H,7-13H2,1H3,(H,20,21,23). The summed E-state index contributed by atoms with van der Waals surface area (Å²) < 4.78 is 9.99. The van der Waals surface area contributed by atoms with Crippen molar-refractivity contribution in [2.45, 2.75) is 19.4 Å². The highest BCUT2D eigenvalue weighted by Crippen LogP contribution is 2.32. The van der Waals surface area contributed by atoms with Crippen LogP contribution in [-0.2, 0) is 25.6 Å². The molecule has 2 aromatic rings. The maximum absolute atomic E-state index is 12.1. The summed E-state index contributed by atoms with van der Waals surface area (Å²) in [5, 5.41) is 3.35. The van der Waals surface area contributed by atoms with Crippen molar-refractivity contribution in [1.82, 2.24) is 9.88 Å². The Bertz CT molecular complexity index is 773. The molecule has 0 aliphatic carbocycles. The first-order chi connectivity index (χ1) is 13.2. The first-order valence-electron chi connectivity index (χ1n) is 8.87. The van der Waals surface area contributed by atoms with E-state index < -0.39 is 5.97 Å². The first-order valence-corrected chi connectivity index (χ1v) is 9.69. The van der Waals surface area contributed by atoms with Crippen molar-refractivity contribution in [1.29, 1.82) is 0 Å². The molecule has 0 saturated carbocycles. The zero-order valence-corrected chi connectivity index (χ0v) is 16.1. The molecular formula is C19H23N3O4S. The molecule has 2 heterocycles. The van der Waals surface area contributed by atoms with Gasteiger partial charge in [0.2, 0.25) is 5.91 Å². The van der Waals surface area contributed by atoms with Gasteiger partial charge in [0.15, 0.2) is 5.13 Å². The molecule has 0 unspecified atom stereocenters. The number of benzene rings is 1. The van der Waals surface area contributed by atoms with Crippen LogP contribution in [0, 0.1) is 0 Å². The van der Waals surface area contributed by atoms with Gasteiger partial charge in [-0.25, -0.2) is 4.98 Å². The zero-order chi connectivity index (χ0) is 19.1. The number of esters is 1. The van der Waals surface area contributed by atoms with E-state index in [4.69, 9.17) is 4.74 Å². The van der Waals surface area contributed by atoms with Gasteiger partial charge in [0.05, 0.1) is 32.4 Å². The molecule has 1 saturated heterocycles. The van der Waals surface area contributed by atoms with Crippen LogP contribution < -0.4 is 5.32 Å². The van der Waals surface area contributed by atoms with Crippen molar-refractivity contribution in [3.8, 4) is 11.3 Å². The fraction of sp³-hybridized carbons (Fsp3) is 0.421. The fourth-order valence-corrected chi connectivity index (χ4v) is 3.84. The lowest BCUT2D eigenvalue weighted by Crippen LogP contribution is -2.35. The molecule has 1 aromatic carbocycles. The molecule has 0 spiro atoms. The number of nitrogens with one attached hydrogen (secondary N) is 1. The molecule has 1 aliphatic rings. The van der Waals surface area contributed by atoms with E-state index in [-0.39, 0.29) is 18.7 Å². The third-order valence-electron chi connectivity index (χ3n) is 4.25. The second kappa shape index (κ2) is 9.59. The first kappa shape index (κ1) is 19.5. The molecule has 1 aliphatic heterocycles. The Morgan fingerprint density at radius 1 is 1.22 bits per heavy atom. The van der Waals surface area contributed by atoms with E-state index in [2.05, 4.69) is 19.9 Å². The van der Waals surface area contributed by atoms with Crippen molar-refractivity contribution in [2.24, 2.45) is 0 Å². The van der Waals surface area contributed by atoms with Gasteiger partial charge in [0, 0.05) is 36.5 Å². The van der Waals surface area contributed by atoms with E-state index in [9.17, 15) is 9.59 Å². The number of hydrogen-bond acceptors (Lipinski definition) is 7. The molecule has 0 radical (unpaired) electrons. The van der Waals surface area contributed by atoms with E-state index in [0.717, 1.165) is 49.0 Å². The van der Waals surface area contributed by atoms with Crippen LogP contribution >= 0.6 is 11.3 Å². The van der Waals surface area contributed by atoms with Gasteiger partial charge >= 0.3 is 5.97 Å². The molecule has 1 N–H and O–H groups in total. The average molecular weight is 389 g/mol. The SMILES string of the molecule is COC(=O)CCC(=O)Nc1nc(-c2ccccc2)c(CN2CCOCC2)s1. The van der Waals surface area contributed by atoms with Gasteiger partial charge in [0.1, 0.15) is 0 Å². The summed E-state index contributed by atoms with van der Waals surface area (Å²) in [4.78, 5) is 31.4. The monoisotopic (exact) mass is 389 g/mol. The van der Waals surface area contributed by atoms with E-state index in [1.807, 2.05) is 30.3 Å². The summed E-state index contributed by atoms with van der Waals surface area (Å²) >= 11 is 1.47. The van der Waals surface area contributed by atoms with Gasteiger partial charge in [-0.2, -0.15) is 0 Å². The molecule has 0 atom stereocenters. The zero-order valence-electron chi connectivity index (χ0n) is 15.3. The normalized spacial score (nSPS) is 14.7. The largest absolute Gasteiger partial charge is 0.469 e. The summed E-state index contributed by atoms with van der Waals surface area (Å²) in [6, 6.07) is 9.94. The summed E-state index contributed by atoms with van der Waals surface area (Å²) in [7, 11) is 1.31. The Kier molecular flexibility index (Phi) is 6.92. The summed E-state index contributed by atoms with van der Waals surface area (Å²) in [5.41, 5.74) is 1.91. The Morgan fingerprint density at radius 3 is 2.67 bits per heavy atom. The smallest absolute Gasteiger partial charge is 0.306 e. The predicted octanol–water partition coefficient (Wildman–Crippen LogP) is 2.53. The minimum atomic E-state index is -0.401. The minimum absolute atomic E-state index is 0.0554. The van der Waals surface area contributed by atoms with Gasteiger partial charge in [-0.15, -0.1) is 0 Å². The fourth-order valence-electron chi connectivity index (χ4n) is 2.80. The maximum Gasteiger partial charge on any atom is 0.306 e. The van der Waals surface area contributed by atoms with Crippen LogP contribution in [0.2, 0.25) is 0 Å². The lowest BCUT2D eigenvalue weighted by Gasteiger charge is -2.26. The van der Waals surface area contributed by atoms with Crippen molar-refractivity contribution in [2.75, 3.05) is 38.7 Å². The van der Waals surface area contributed by atoms with E-state index in [1.54, 1.807) is 0 Å². The van der Waals surface area contributed by atoms with E-state index >= 15 is 0 Å². The molecule has 144 valence electrons. The number of ether oxygens (including phenoxy) is 2. The lowest BCUT2D eigenvalue weighted by atomic mass is 10.1. The molecular weight excluding hydrogens is 366 g/mol. The lowest BCUT2D eigenvalue weighted by molar-refractivity contribution is -0.141. The van der Waals surface area contributed by atoms with Gasteiger partial charge in [-0.3, -0.25) is 14.5 Å². The molecule has 8 heteroatoms. The number of hydrogen-bond donors (Lipinski definition) is 1. The van der Waals surface area contributed by atoms with Crippen molar-refractivity contribution >= 4 is 28.3 Å². The number of nitrogens with zero attached hydrogens (tertiary/aromatic N) is 2. The molecule has 3 rings (SSSR count). The number of carbonyl (C=O) groups excluding carboxylic acids is 2. The third-order valence-corrected chi connectivity index (χ3v) is 5.20. The summed E-state index contributed by atoms with van der Waals surface area (Å²) in [6.07, 6.45) is 0.131. The van der Waals surface area contributed by atoms with Crippen LogP contribution in [-0.4, -0.2) is 55.2 Å². The van der Waals surface area contributed by atoms with Gasteiger partial charge in [-0.05, 0) is 0 Å². The number of methoxy groups -OCH3 is 1. The second-order valence-corrected chi connectivity index (χ2v) is 7.25. The maximum atomic E-state index is 12.1. The van der Waals surface area contributed by atoms with Gasteiger partial charge in [-0.1, -0.05) is 41.7 Å². The Balaban J connectivity index is 1.74. The van der Waals surface area contributed by atoms with Crippen molar-refractivity contribution in [3.05, 3.63) is 35.2 Å². The Labute approximate surface area is 162 Å². The topological polar surface area (TPSA) is 80.8 Å². The Hall–Kier alpha value is -2.29. The van der Waals surface area contributed by atoms with E-state index in [1.165, 1.54) is 18.4 Å². The summed E-state index contributed by atoms with van der Waals surface area (Å²) in [6.45, 7) is 4.00. The van der Waals surface area contributed by atoms with Crippen LogP contribution in [0.3, 0.4) is 0 Å². The highest BCUT2D eigenvalue weighted by molar-refractivity contribution is 7.16. The van der Waals surface area contributed by atoms with Crippen molar-refractivity contribution < 1.29 is 19.1 Å². The molecule has 27 heavy (non-hydrogen) atoms. The predicted molar refractivity (Wildman–Crippen MR) is 104 cm³/mol. The number of carbonyl (C=O) groups is 2. The van der Waals surface area contributed by atoms with Crippen LogP contribution in [0.15, 0.2) is 30.3 Å². The third kappa shape index (κ3) is 5.59.